The van der Waals surface area contributed by atoms with Gasteiger partial charge in [-0.2, -0.15) is 0 Å². The van der Waals surface area contributed by atoms with Gasteiger partial charge >= 0.3 is 0 Å². The van der Waals surface area contributed by atoms with Gasteiger partial charge in [-0.15, -0.1) is 0 Å². The van der Waals surface area contributed by atoms with Crippen LogP contribution in [0.1, 0.15) is 5.56 Å². The Morgan fingerprint density at radius 2 is 1.97 bits per heavy atom. The lowest BCUT2D eigenvalue weighted by molar-refractivity contribution is -0.116. The second kappa shape index (κ2) is 11.1. The quantitative estimate of drug-likeness (QED) is 0.433. The molecule has 2 aliphatic heterocycles. The Labute approximate surface area is 217 Å². The number of methoxy groups -OCH3 is 1. The molecule has 8 nitrogen and oxygen atoms in total. The molecule has 1 N–H and O–H groups in total. The molecule has 0 spiro atoms. The van der Waals surface area contributed by atoms with Gasteiger partial charge in [-0.25, -0.2) is 18.7 Å². The lowest BCUT2D eigenvalue weighted by atomic mass is 10.0. The standard InChI is InChI=1S/C26H25ClF2N4O4/c1-35-23-11-21-17(26(31-14-30-21)32-16-2-3-19(28)18(27)10-16)8-15(23)9-22(34)20(29)4-5-33-12-24-25(13-33)37-7-6-36-24/h2-4,8,10-11,14,24-25H,5-7,9,12-13H2,1H3,(H,30,31,32)/b20-4+/t24-,25-/m0/s1. The second-order valence-corrected chi connectivity index (χ2v) is 9.25. The molecule has 2 atom stereocenters. The fraction of sp³-hybridized carbons (Fsp3) is 0.346. The smallest absolute Gasteiger partial charge is 0.195 e. The van der Waals surface area contributed by atoms with Gasteiger partial charge in [0.15, 0.2) is 11.6 Å². The van der Waals surface area contributed by atoms with Crippen LogP contribution in [0.2, 0.25) is 5.02 Å². The van der Waals surface area contributed by atoms with Crippen LogP contribution >= 0.6 is 11.6 Å². The van der Waals surface area contributed by atoms with Crippen molar-refractivity contribution in [2.24, 2.45) is 0 Å². The van der Waals surface area contributed by atoms with Crippen LogP contribution in [0.5, 0.6) is 5.75 Å². The van der Waals surface area contributed by atoms with Crippen molar-refractivity contribution >= 4 is 39.8 Å². The van der Waals surface area contributed by atoms with Gasteiger partial charge in [-0.3, -0.25) is 9.69 Å². The number of fused-ring (bicyclic) bond motifs is 2. The molecule has 2 aliphatic rings. The number of hydrogen-bond donors (Lipinski definition) is 1. The number of anilines is 2. The number of nitrogens with zero attached hydrogens (tertiary/aromatic N) is 3. The van der Waals surface area contributed by atoms with Crippen molar-refractivity contribution in [1.29, 1.82) is 0 Å². The van der Waals surface area contributed by atoms with Crippen molar-refractivity contribution in [2.75, 3.05) is 45.3 Å². The molecule has 37 heavy (non-hydrogen) atoms. The zero-order chi connectivity index (χ0) is 25.9. The monoisotopic (exact) mass is 530 g/mol. The number of aromatic nitrogens is 2. The SMILES string of the molecule is COc1cc2ncnc(Nc3ccc(F)c(Cl)c3)c2cc1CC(=O)/C(F)=C\CN1C[C@@H]2OCCO[C@H]2C1. The summed E-state index contributed by atoms with van der Waals surface area (Å²) in [4.78, 5) is 23.3. The molecular formula is C26H25ClF2N4O4. The Morgan fingerprint density at radius 1 is 1.22 bits per heavy atom. The van der Waals surface area contributed by atoms with Gasteiger partial charge in [0.25, 0.3) is 0 Å². The first kappa shape index (κ1) is 25.5. The average molecular weight is 531 g/mol. The van der Waals surface area contributed by atoms with E-state index in [1.165, 1.54) is 37.7 Å². The largest absolute Gasteiger partial charge is 0.496 e. The Bertz CT molecular complexity index is 1340. The van der Waals surface area contributed by atoms with Crippen molar-refractivity contribution in [3.63, 3.8) is 0 Å². The fourth-order valence-electron chi connectivity index (χ4n) is 4.53. The second-order valence-electron chi connectivity index (χ2n) is 8.85. The van der Waals surface area contributed by atoms with Gasteiger partial charge in [0, 0.05) is 48.8 Å². The van der Waals surface area contributed by atoms with Gasteiger partial charge in [0.05, 0.1) is 43.1 Å². The van der Waals surface area contributed by atoms with Crippen LogP contribution < -0.4 is 10.1 Å². The number of carbonyl (C=O) groups excluding carboxylic acids is 1. The minimum Gasteiger partial charge on any atom is -0.496 e. The van der Waals surface area contributed by atoms with Crippen LogP contribution in [0.15, 0.2) is 48.6 Å². The fourth-order valence-corrected chi connectivity index (χ4v) is 4.71. The van der Waals surface area contributed by atoms with Crippen LogP contribution in [-0.4, -0.2) is 72.8 Å². The normalized spacial score (nSPS) is 20.2. The summed E-state index contributed by atoms with van der Waals surface area (Å²) < 4.78 is 45.2. The number of carbonyl (C=O) groups is 1. The molecule has 0 amide bonds. The maximum absolute atomic E-state index is 14.8. The van der Waals surface area contributed by atoms with Crippen molar-refractivity contribution in [1.82, 2.24) is 14.9 Å². The molecule has 5 rings (SSSR count). The van der Waals surface area contributed by atoms with E-state index in [4.69, 9.17) is 25.8 Å². The summed E-state index contributed by atoms with van der Waals surface area (Å²) in [5, 5.41) is 3.63. The highest BCUT2D eigenvalue weighted by atomic mass is 35.5. The number of nitrogens with one attached hydrogen (secondary N) is 1. The number of Topliss-reactive ketones (excluding diaryl/α,β-unsaturated/α-hetero) is 1. The van der Waals surface area contributed by atoms with E-state index in [9.17, 15) is 13.6 Å². The topological polar surface area (TPSA) is 85.8 Å². The zero-order valence-electron chi connectivity index (χ0n) is 20.0. The van der Waals surface area contributed by atoms with Crippen molar-refractivity contribution in [3.05, 3.63) is 65.0 Å². The Morgan fingerprint density at radius 3 is 2.68 bits per heavy atom. The third-order valence-electron chi connectivity index (χ3n) is 6.40. The molecule has 0 bridgehead atoms. The summed E-state index contributed by atoms with van der Waals surface area (Å²) in [6.45, 7) is 2.68. The molecule has 3 aromatic rings. The van der Waals surface area contributed by atoms with Gasteiger partial charge in [0.1, 0.15) is 23.7 Å². The number of ether oxygens (including phenoxy) is 3. The summed E-state index contributed by atoms with van der Waals surface area (Å²) in [5.41, 5.74) is 1.55. The number of rotatable bonds is 8. The number of benzene rings is 2. The Kier molecular flexibility index (Phi) is 7.61. The minimum absolute atomic E-state index is 0.0151. The van der Waals surface area contributed by atoms with E-state index in [0.717, 1.165) is 0 Å². The highest BCUT2D eigenvalue weighted by Crippen LogP contribution is 2.31. The predicted molar refractivity (Wildman–Crippen MR) is 135 cm³/mol. The van der Waals surface area contributed by atoms with Crippen LogP contribution in [0, 0.1) is 5.82 Å². The molecule has 11 heteroatoms. The lowest BCUT2D eigenvalue weighted by Gasteiger charge is -2.24. The van der Waals surface area contributed by atoms with Crippen molar-refractivity contribution in [3.8, 4) is 5.75 Å². The first-order valence-corrected chi connectivity index (χ1v) is 12.2. The first-order chi connectivity index (χ1) is 17.9. The maximum Gasteiger partial charge on any atom is 0.195 e. The highest BCUT2D eigenvalue weighted by Gasteiger charge is 2.36. The zero-order valence-corrected chi connectivity index (χ0v) is 20.8. The first-order valence-electron chi connectivity index (χ1n) is 11.8. The molecule has 0 unspecified atom stereocenters. The number of hydrogen-bond acceptors (Lipinski definition) is 8. The van der Waals surface area contributed by atoms with Crippen molar-refractivity contribution in [2.45, 2.75) is 18.6 Å². The molecule has 0 radical (unpaired) electrons. The molecule has 0 aliphatic carbocycles. The summed E-state index contributed by atoms with van der Waals surface area (Å²) in [6, 6.07) is 7.55. The summed E-state index contributed by atoms with van der Waals surface area (Å²) >= 11 is 5.89. The number of halogens is 3. The van der Waals surface area contributed by atoms with E-state index in [1.54, 1.807) is 12.1 Å². The van der Waals surface area contributed by atoms with Crippen LogP contribution in [0.25, 0.3) is 10.9 Å². The van der Waals surface area contributed by atoms with E-state index >= 15 is 0 Å². The van der Waals surface area contributed by atoms with E-state index in [2.05, 4.69) is 15.3 Å². The van der Waals surface area contributed by atoms with Gasteiger partial charge in [0.2, 0.25) is 0 Å². The van der Waals surface area contributed by atoms with Crippen molar-refractivity contribution < 1.29 is 27.8 Å². The van der Waals surface area contributed by atoms with Crippen LogP contribution in [0.3, 0.4) is 0 Å². The number of ketones is 1. The van der Waals surface area contributed by atoms with Gasteiger partial charge in [-0.1, -0.05) is 11.6 Å². The molecule has 3 heterocycles. The molecule has 2 saturated heterocycles. The minimum atomic E-state index is -0.817. The van der Waals surface area contributed by atoms with E-state index in [0.29, 0.717) is 60.0 Å². The highest BCUT2D eigenvalue weighted by molar-refractivity contribution is 6.31. The summed E-state index contributed by atoms with van der Waals surface area (Å²) in [6.07, 6.45) is 2.42. The molecule has 0 saturated carbocycles. The Balaban J connectivity index is 1.33. The molecule has 1 aromatic heterocycles. The molecule has 194 valence electrons. The predicted octanol–water partition coefficient (Wildman–Crippen LogP) is 4.24. The Hall–Kier alpha value is -3.18. The maximum atomic E-state index is 14.8. The summed E-state index contributed by atoms with van der Waals surface area (Å²) in [5.74, 6) is -1.20. The third-order valence-corrected chi connectivity index (χ3v) is 6.69. The van der Waals surface area contributed by atoms with Gasteiger partial charge in [-0.05, 0) is 30.3 Å². The molecule has 2 fully saturated rings. The van der Waals surface area contributed by atoms with E-state index in [1.807, 2.05) is 4.90 Å². The summed E-state index contributed by atoms with van der Waals surface area (Å²) in [7, 11) is 1.47. The van der Waals surface area contributed by atoms with E-state index in [-0.39, 0.29) is 30.2 Å². The van der Waals surface area contributed by atoms with Gasteiger partial charge < -0.3 is 19.5 Å². The molecular weight excluding hydrogens is 506 g/mol. The van der Waals surface area contributed by atoms with E-state index < -0.39 is 17.4 Å². The number of allylic oxidation sites excluding steroid dienone is 1. The third kappa shape index (κ3) is 5.72. The number of likely N-dealkylation sites (tertiary alicyclic amines) is 1. The molecule has 2 aromatic carbocycles. The average Bonchev–Trinajstić information content (AvgIpc) is 3.32. The van der Waals surface area contributed by atoms with Crippen LogP contribution in [-0.2, 0) is 20.7 Å². The lowest BCUT2D eigenvalue weighted by Crippen LogP contribution is -2.36. The van der Waals surface area contributed by atoms with Crippen LogP contribution in [0.4, 0.5) is 20.3 Å².